The monoisotopic (exact) mass is 390 g/mol. The minimum absolute atomic E-state index is 0.00104. The number of aromatic amines is 1. The summed E-state index contributed by atoms with van der Waals surface area (Å²) >= 11 is 0. The summed E-state index contributed by atoms with van der Waals surface area (Å²) in [6.45, 7) is 5.86. The van der Waals surface area contributed by atoms with Crippen molar-refractivity contribution in [2.45, 2.75) is 20.8 Å². The summed E-state index contributed by atoms with van der Waals surface area (Å²) in [5.41, 5.74) is 3.07. The first kappa shape index (κ1) is 18.4. The smallest absolute Gasteiger partial charge is 0.338 e. The maximum atomic E-state index is 12.6. The van der Waals surface area contributed by atoms with Gasteiger partial charge in [-0.25, -0.2) is 14.5 Å². The van der Waals surface area contributed by atoms with Gasteiger partial charge in [0.2, 0.25) is 5.95 Å². The van der Waals surface area contributed by atoms with E-state index in [1.54, 1.807) is 12.1 Å². The lowest BCUT2D eigenvalue weighted by Crippen LogP contribution is -2.14. The van der Waals surface area contributed by atoms with Crippen LogP contribution in [0.5, 0.6) is 11.5 Å². The number of aromatic carboxylic acids is 1. The van der Waals surface area contributed by atoms with E-state index in [4.69, 9.17) is 9.84 Å². The Morgan fingerprint density at radius 3 is 2.48 bits per heavy atom. The molecule has 0 radical (unpaired) electrons. The zero-order chi connectivity index (χ0) is 20.7. The number of aryl methyl sites for hydroxylation is 3. The molecule has 8 heteroatoms. The molecule has 2 aromatic carbocycles. The molecule has 0 fully saturated rings. The Balaban J connectivity index is 1.77. The first-order chi connectivity index (χ1) is 13.8. The number of ether oxygens (including phenoxy) is 1. The molecule has 0 bridgehead atoms. The number of carbonyl (C=O) groups is 1. The topological polar surface area (TPSA) is 110 Å². The summed E-state index contributed by atoms with van der Waals surface area (Å²) in [7, 11) is 0. The number of rotatable bonds is 4. The molecule has 0 atom stereocenters. The van der Waals surface area contributed by atoms with E-state index in [2.05, 4.69) is 21.1 Å². The fourth-order valence-corrected chi connectivity index (χ4v) is 3.14. The quantitative estimate of drug-likeness (QED) is 0.552. The fraction of sp³-hybridized carbons (Fsp3) is 0.143. The van der Waals surface area contributed by atoms with Crippen LogP contribution in [-0.2, 0) is 0 Å². The van der Waals surface area contributed by atoms with Crippen LogP contribution in [0.15, 0.2) is 47.5 Å². The van der Waals surface area contributed by atoms with Crippen molar-refractivity contribution in [3.05, 3.63) is 75.3 Å². The van der Waals surface area contributed by atoms with E-state index in [-0.39, 0.29) is 17.1 Å². The van der Waals surface area contributed by atoms with Crippen molar-refractivity contribution < 1.29 is 14.6 Å². The molecule has 146 valence electrons. The van der Waals surface area contributed by atoms with Crippen molar-refractivity contribution in [1.29, 1.82) is 0 Å². The number of nitrogens with zero attached hydrogens (tertiary/aromatic N) is 3. The number of nitrogens with one attached hydrogen (secondary N) is 1. The number of fused-ring (bicyclic) bond motifs is 1. The summed E-state index contributed by atoms with van der Waals surface area (Å²) in [5.74, 6) is 0.291. The summed E-state index contributed by atoms with van der Waals surface area (Å²) in [6, 6.07) is 9.33. The van der Waals surface area contributed by atoms with Crippen LogP contribution in [0.4, 0.5) is 0 Å². The lowest BCUT2D eigenvalue weighted by Gasteiger charge is -2.12. The van der Waals surface area contributed by atoms with Gasteiger partial charge in [-0.3, -0.25) is 9.78 Å². The molecule has 0 saturated carbocycles. The Morgan fingerprint density at radius 1 is 1.10 bits per heavy atom. The van der Waals surface area contributed by atoms with Crippen molar-refractivity contribution in [3.63, 3.8) is 0 Å². The average Bonchev–Trinajstić information content (AvgIpc) is 3.12. The first-order valence-electron chi connectivity index (χ1n) is 8.89. The number of carboxylic acid groups (broad SMARTS) is 1. The predicted molar refractivity (Wildman–Crippen MR) is 107 cm³/mol. The largest absolute Gasteiger partial charge is 0.478 e. The van der Waals surface area contributed by atoms with E-state index < -0.39 is 5.97 Å². The zero-order valence-electron chi connectivity index (χ0n) is 16.1. The highest BCUT2D eigenvalue weighted by Gasteiger charge is 2.13. The van der Waals surface area contributed by atoms with Crippen molar-refractivity contribution >= 4 is 16.9 Å². The SMILES string of the molecule is Cc1cc(C)cc(Oc2cc3c(=O)[nH]c(-n4cc(C(=O)O)cn4)nc3cc2C)c1. The molecular formula is C21H18N4O4. The number of aromatic nitrogens is 4. The lowest BCUT2D eigenvalue weighted by molar-refractivity contribution is 0.0697. The van der Waals surface area contributed by atoms with Crippen LogP contribution in [0.2, 0.25) is 0 Å². The number of benzene rings is 2. The van der Waals surface area contributed by atoms with E-state index in [0.717, 1.165) is 16.7 Å². The maximum Gasteiger partial charge on any atom is 0.338 e. The van der Waals surface area contributed by atoms with Gasteiger partial charge < -0.3 is 9.84 Å². The Hall–Kier alpha value is -3.94. The molecule has 0 aliphatic rings. The van der Waals surface area contributed by atoms with Gasteiger partial charge >= 0.3 is 5.97 Å². The third-order valence-corrected chi connectivity index (χ3v) is 4.46. The van der Waals surface area contributed by atoms with Crippen molar-refractivity contribution in [3.8, 4) is 17.4 Å². The fourth-order valence-electron chi connectivity index (χ4n) is 3.14. The standard InChI is InChI=1S/C21H18N4O4/c1-11-4-12(2)6-15(5-11)29-18-8-16-17(7-13(18)3)23-21(24-19(16)26)25-10-14(9-22-25)20(27)28/h4-10H,1-3H3,(H,27,28)(H,23,24,26). The lowest BCUT2D eigenvalue weighted by atomic mass is 10.1. The van der Waals surface area contributed by atoms with Gasteiger partial charge in [0.25, 0.3) is 5.56 Å². The number of carboxylic acids is 1. The van der Waals surface area contributed by atoms with Crippen LogP contribution >= 0.6 is 0 Å². The first-order valence-corrected chi connectivity index (χ1v) is 8.89. The molecule has 2 aromatic heterocycles. The highest BCUT2D eigenvalue weighted by molar-refractivity contribution is 5.87. The summed E-state index contributed by atoms with van der Waals surface area (Å²) < 4.78 is 7.24. The second kappa shape index (κ2) is 6.90. The van der Waals surface area contributed by atoms with Gasteiger partial charge in [0.05, 0.1) is 22.7 Å². The van der Waals surface area contributed by atoms with Crippen LogP contribution in [0.25, 0.3) is 16.9 Å². The van der Waals surface area contributed by atoms with E-state index in [1.165, 1.54) is 17.1 Å². The van der Waals surface area contributed by atoms with Gasteiger partial charge in [-0.05, 0) is 61.7 Å². The third-order valence-electron chi connectivity index (χ3n) is 4.46. The van der Waals surface area contributed by atoms with Gasteiger partial charge in [-0.1, -0.05) is 6.07 Å². The van der Waals surface area contributed by atoms with E-state index >= 15 is 0 Å². The van der Waals surface area contributed by atoms with Crippen molar-refractivity contribution in [1.82, 2.24) is 19.7 Å². The highest BCUT2D eigenvalue weighted by Crippen LogP contribution is 2.29. The molecule has 0 unspecified atom stereocenters. The maximum absolute atomic E-state index is 12.6. The average molecular weight is 390 g/mol. The van der Waals surface area contributed by atoms with Crippen LogP contribution < -0.4 is 10.3 Å². The number of H-pyrrole nitrogens is 1. The molecule has 4 aromatic rings. The van der Waals surface area contributed by atoms with Crippen LogP contribution in [0.3, 0.4) is 0 Å². The Kier molecular flexibility index (Phi) is 4.38. The normalized spacial score (nSPS) is 11.0. The highest BCUT2D eigenvalue weighted by atomic mass is 16.5. The van der Waals surface area contributed by atoms with Crippen LogP contribution in [-0.4, -0.2) is 30.8 Å². The minimum Gasteiger partial charge on any atom is -0.478 e. The van der Waals surface area contributed by atoms with Gasteiger partial charge in [0.15, 0.2) is 0 Å². The molecule has 4 rings (SSSR count). The molecule has 29 heavy (non-hydrogen) atoms. The molecule has 8 nitrogen and oxygen atoms in total. The minimum atomic E-state index is -1.11. The van der Waals surface area contributed by atoms with Crippen LogP contribution in [0, 0.1) is 20.8 Å². The Labute approximate surface area is 165 Å². The summed E-state index contributed by atoms with van der Waals surface area (Å²) in [6.07, 6.45) is 2.48. The zero-order valence-corrected chi connectivity index (χ0v) is 16.1. The van der Waals surface area contributed by atoms with E-state index in [0.29, 0.717) is 22.4 Å². The molecular weight excluding hydrogens is 372 g/mol. The summed E-state index contributed by atoms with van der Waals surface area (Å²) in [5, 5.41) is 13.3. The second-order valence-corrected chi connectivity index (χ2v) is 6.93. The van der Waals surface area contributed by atoms with Crippen molar-refractivity contribution in [2.75, 3.05) is 0 Å². The molecule has 0 aliphatic carbocycles. The third kappa shape index (κ3) is 3.60. The molecule has 0 spiro atoms. The van der Waals surface area contributed by atoms with Gasteiger partial charge in [-0.15, -0.1) is 0 Å². The van der Waals surface area contributed by atoms with Crippen molar-refractivity contribution in [2.24, 2.45) is 0 Å². The molecule has 2 heterocycles. The van der Waals surface area contributed by atoms with Crippen LogP contribution in [0.1, 0.15) is 27.0 Å². The Bertz CT molecular complexity index is 1300. The molecule has 0 amide bonds. The molecule has 0 saturated heterocycles. The second-order valence-electron chi connectivity index (χ2n) is 6.93. The summed E-state index contributed by atoms with van der Waals surface area (Å²) in [4.78, 5) is 30.7. The molecule has 0 aliphatic heterocycles. The van der Waals surface area contributed by atoms with Gasteiger partial charge in [0, 0.05) is 6.20 Å². The Morgan fingerprint density at radius 2 is 1.83 bits per heavy atom. The van der Waals surface area contributed by atoms with E-state index in [1.807, 2.05) is 32.9 Å². The van der Waals surface area contributed by atoms with Gasteiger partial charge in [-0.2, -0.15) is 5.10 Å². The van der Waals surface area contributed by atoms with E-state index in [9.17, 15) is 9.59 Å². The predicted octanol–water partition coefficient (Wildman–Crippen LogP) is 3.52. The molecule has 2 N–H and O–H groups in total. The van der Waals surface area contributed by atoms with Gasteiger partial charge in [0.1, 0.15) is 11.5 Å². The number of hydrogen-bond acceptors (Lipinski definition) is 5. The number of hydrogen-bond donors (Lipinski definition) is 2.